The van der Waals surface area contributed by atoms with E-state index < -0.39 is 23.7 Å². The summed E-state index contributed by atoms with van der Waals surface area (Å²) < 4.78 is 43.9. The minimum Gasteiger partial charge on any atom is -0.480 e. The van der Waals surface area contributed by atoms with Crippen molar-refractivity contribution < 1.29 is 37.1 Å². The van der Waals surface area contributed by atoms with Crippen LogP contribution in [0.3, 0.4) is 0 Å². The number of carbonyl (C=O) groups excluding carboxylic acids is 2. The number of amides is 2. The van der Waals surface area contributed by atoms with Crippen molar-refractivity contribution in [1.29, 1.82) is 0 Å². The molecule has 0 radical (unpaired) electrons. The van der Waals surface area contributed by atoms with Gasteiger partial charge in [-0.05, 0) is 25.2 Å². The third-order valence-corrected chi connectivity index (χ3v) is 2.35. The Bertz CT molecular complexity index is 437. The maximum absolute atomic E-state index is 11.8. The second-order valence-electron chi connectivity index (χ2n) is 6.68. The molecule has 0 saturated heterocycles. The predicted octanol–water partition coefficient (Wildman–Crippen LogP) is 2.17. The Balaban J connectivity index is 0. The monoisotopic (exact) mass is 360 g/mol. The molecule has 142 valence electrons. The van der Waals surface area contributed by atoms with Gasteiger partial charge in [-0.1, -0.05) is 20.8 Å². The molecular weight excluding hydrogens is 336 g/mol. The molecule has 0 aromatic heterocycles. The van der Waals surface area contributed by atoms with E-state index >= 15 is 0 Å². The molecule has 0 bridgehead atoms. The summed E-state index contributed by atoms with van der Waals surface area (Å²) in [6.45, 7) is 7.11. The van der Waals surface area contributed by atoms with Crippen LogP contribution >= 0.6 is 0 Å². The number of carbonyl (C=O) groups is 3. The fourth-order valence-electron chi connectivity index (χ4n) is 0.891. The topological polar surface area (TPSA) is 109 Å². The molecule has 0 heterocycles. The minimum absolute atomic E-state index is 0.0947. The Hall–Kier alpha value is -1.87. The lowest BCUT2D eigenvalue weighted by atomic mass is 9.92. The second kappa shape index (κ2) is 9.43. The van der Waals surface area contributed by atoms with E-state index in [0.717, 1.165) is 12.8 Å². The Morgan fingerprint density at radius 2 is 1.50 bits per heavy atom. The number of primary amides is 1. The average Bonchev–Trinajstić information content (AvgIpc) is 3.00. The molecule has 24 heavy (non-hydrogen) atoms. The van der Waals surface area contributed by atoms with Crippen LogP contribution in [0.15, 0.2) is 0 Å². The first-order valence-electron chi connectivity index (χ1n) is 7.00. The number of carboxylic acid groups (broad SMARTS) is 1. The van der Waals surface area contributed by atoms with Crippen LogP contribution < -0.4 is 11.1 Å². The van der Waals surface area contributed by atoms with Gasteiger partial charge in [0, 0.05) is 6.42 Å². The quantitative estimate of drug-likeness (QED) is 0.670. The van der Waals surface area contributed by atoms with Gasteiger partial charge in [0.2, 0.25) is 5.91 Å². The third-order valence-electron chi connectivity index (χ3n) is 2.35. The van der Waals surface area contributed by atoms with Gasteiger partial charge in [0.1, 0.15) is 12.2 Å². The summed E-state index contributed by atoms with van der Waals surface area (Å²) in [7, 11) is 0. The molecule has 0 aromatic carbocycles. The molecule has 6 nitrogen and oxygen atoms in total. The van der Waals surface area contributed by atoms with Crippen LogP contribution in [0.2, 0.25) is 0 Å². The van der Waals surface area contributed by atoms with Gasteiger partial charge in [-0.2, -0.15) is 13.2 Å². The number of alkyl halides is 4. The van der Waals surface area contributed by atoms with Gasteiger partial charge in [-0.15, -0.1) is 0 Å². The first kappa shape index (κ1) is 24.4. The van der Waals surface area contributed by atoms with Crippen molar-refractivity contribution in [1.82, 2.24) is 5.32 Å². The number of nitrogens with one attached hydrogen (secondary N) is 1. The minimum atomic E-state index is -4.86. The van der Waals surface area contributed by atoms with E-state index in [1.165, 1.54) is 0 Å². The van der Waals surface area contributed by atoms with Gasteiger partial charge >= 0.3 is 18.1 Å². The summed E-state index contributed by atoms with van der Waals surface area (Å²) in [5.74, 6) is -3.49. The van der Waals surface area contributed by atoms with E-state index in [1.54, 1.807) is 6.92 Å². The number of aliphatic carboxylic acids is 1. The summed E-state index contributed by atoms with van der Waals surface area (Å²) in [6.07, 6.45) is -2.94. The fourth-order valence-corrected chi connectivity index (χ4v) is 0.891. The summed E-state index contributed by atoms with van der Waals surface area (Å²) >= 11 is 0. The lowest BCUT2D eigenvalue weighted by Gasteiger charge is -2.16. The molecule has 0 aliphatic heterocycles. The normalized spacial score (nSPS) is 15.0. The maximum atomic E-state index is 11.8. The van der Waals surface area contributed by atoms with Crippen molar-refractivity contribution in [3.05, 3.63) is 0 Å². The van der Waals surface area contributed by atoms with E-state index in [1.807, 2.05) is 20.8 Å². The van der Waals surface area contributed by atoms with Gasteiger partial charge in [0.15, 0.2) is 0 Å². The zero-order valence-corrected chi connectivity index (χ0v) is 14.1. The highest BCUT2D eigenvalue weighted by Gasteiger charge is 2.36. The Morgan fingerprint density at radius 1 is 1.17 bits per heavy atom. The van der Waals surface area contributed by atoms with Gasteiger partial charge in [-0.3, -0.25) is 14.4 Å². The smallest absolute Gasteiger partial charge is 0.470 e. The molecule has 2 amide bonds. The summed E-state index contributed by atoms with van der Waals surface area (Å²) in [5, 5.41) is 10.5. The number of nitrogens with two attached hydrogens (primary N) is 1. The van der Waals surface area contributed by atoms with Gasteiger partial charge in [0.05, 0.1) is 0 Å². The van der Waals surface area contributed by atoms with E-state index in [9.17, 15) is 27.2 Å². The van der Waals surface area contributed by atoms with E-state index in [0.29, 0.717) is 6.42 Å². The number of rotatable bonds is 3. The molecule has 0 atom stereocenters. The number of carboxylic acids is 1. The standard InChI is InChI=1S/C8H15NO3.C4H7F.C2H2F3NO/c1-8(2,3)4-6(10)9-5-7(11)12;1-4(5)2-3-4;3-2(4,5)1(6)7/h4-5H2,1-3H3,(H,9,10)(H,11,12);2-3H2,1H3;(H2,6,7). The summed E-state index contributed by atoms with van der Waals surface area (Å²) in [5.41, 5.74) is 2.96. The zero-order chi connectivity index (χ0) is 19.8. The Morgan fingerprint density at radius 3 is 1.67 bits per heavy atom. The van der Waals surface area contributed by atoms with E-state index in [-0.39, 0.29) is 17.9 Å². The van der Waals surface area contributed by atoms with Crippen LogP contribution in [0.4, 0.5) is 17.6 Å². The zero-order valence-electron chi connectivity index (χ0n) is 14.1. The Labute approximate surface area is 137 Å². The van der Waals surface area contributed by atoms with Gasteiger partial charge < -0.3 is 16.2 Å². The van der Waals surface area contributed by atoms with Crippen LogP contribution in [0.25, 0.3) is 0 Å². The molecule has 1 saturated carbocycles. The van der Waals surface area contributed by atoms with Gasteiger partial charge in [-0.25, -0.2) is 4.39 Å². The van der Waals surface area contributed by atoms with Crippen LogP contribution in [0, 0.1) is 5.41 Å². The number of hydrogen-bond acceptors (Lipinski definition) is 3. The molecule has 1 aliphatic rings. The molecule has 0 unspecified atom stereocenters. The van der Waals surface area contributed by atoms with Crippen molar-refractivity contribution in [2.75, 3.05) is 6.54 Å². The third kappa shape index (κ3) is 20.1. The highest BCUT2D eigenvalue weighted by atomic mass is 19.4. The number of hydrogen-bond donors (Lipinski definition) is 3. The molecule has 10 heteroatoms. The van der Waals surface area contributed by atoms with Crippen LogP contribution in [0.1, 0.15) is 47.0 Å². The Kier molecular flexibility index (Phi) is 9.58. The largest absolute Gasteiger partial charge is 0.480 e. The first-order chi connectivity index (χ1) is 10.5. The molecule has 0 spiro atoms. The fraction of sp³-hybridized carbons (Fsp3) is 0.786. The SMILES string of the molecule is CC(C)(C)CC(=O)NCC(=O)O.CC1(F)CC1.NC(=O)C(F)(F)F. The molecule has 1 aliphatic carbocycles. The molecule has 1 fully saturated rings. The van der Waals surface area contributed by atoms with E-state index in [2.05, 4.69) is 11.1 Å². The second-order valence-corrected chi connectivity index (χ2v) is 6.68. The predicted molar refractivity (Wildman–Crippen MR) is 78.7 cm³/mol. The average molecular weight is 360 g/mol. The molecular formula is C14H24F4N2O4. The highest BCUT2D eigenvalue weighted by Crippen LogP contribution is 2.38. The molecule has 1 rings (SSSR count). The molecule has 4 N–H and O–H groups in total. The lowest BCUT2D eigenvalue weighted by Crippen LogP contribution is -2.31. The summed E-state index contributed by atoms with van der Waals surface area (Å²) in [4.78, 5) is 30.2. The number of halogens is 4. The van der Waals surface area contributed by atoms with Crippen molar-refractivity contribution in [2.45, 2.75) is 58.8 Å². The van der Waals surface area contributed by atoms with Crippen molar-refractivity contribution in [3.63, 3.8) is 0 Å². The van der Waals surface area contributed by atoms with E-state index in [4.69, 9.17) is 9.90 Å². The first-order valence-corrected chi connectivity index (χ1v) is 7.00. The summed E-state index contributed by atoms with van der Waals surface area (Å²) in [6, 6.07) is 0. The molecule has 0 aromatic rings. The van der Waals surface area contributed by atoms with Crippen LogP contribution in [-0.2, 0) is 14.4 Å². The van der Waals surface area contributed by atoms with Crippen molar-refractivity contribution >= 4 is 17.8 Å². The van der Waals surface area contributed by atoms with Crippen LogP contribution in [-0.4, -0.2) is 41.3 Å². The van der Waals surface area contributed by atoms with Gasteiger partial charge in [0.25, 0.3) is 0 Å². The lowest BCUT2D eigenvalue weighted by molar-refractivity contribution is -0.169. The van der Waals surface area contributed by atoms with Crippen molar-refractivity contribution in [2.24, 2.45) is 11.1 Å². The van der Waals surface area contributed by atoms with Crippen LogP contribution in [0.5, 0.6) is 0 Å². The highest BCUT2D eigenvalue weighted by molar-refractivity contribution is 5.81. The van der Waals surface area contributed by atoms with Crippen molar-refractivity contribution in [3.8, 4) is 0 Å². The maximum Gasteiger partial charge on any atom is 0.470 e.